The number of carbonyl (C=O) groups excluding carboxylic acids is 1. The van der Waals surface area contributed by atoms with Crippen LogP contribution in [0.5, 0.6) is 11.5 Å². The Kier molecular flexibility index (Phi) is 5.06. The van der Waals surface area contributed by atoms with Crippen molar-refractivity contribution in [2.45, 2.75) is 32.8 Å². The van der Waals surface area contributed by atoms with Crippen LogP contribution in [0.1, 0.15) is 27.2 Å². The molecule has 1 aromatic rings. The predicted octanol–water partition coefficient (Wildman–Crippen LogP) is 3.68. The van der Waals surface area contributed by atoms with E-state index >= 15 is 0 Å². The van der Waals surface area contributed by atoms with Gasteiger partial charge in [0.05, 0.1) is 11.6 Å². The van der Waals surface area contributed by atoms with Gasteiger partial charge in [-0.15, -0.1) is 0 Å². The summed E-state index contributed by atoms with van der Waals surface area (Å²) in [6, 6.07) is 4.59. The van der Waals surface area contributed by atoms with Crippen molar-refractivity contribution in [3.05, 3.63) is 23.2 Å². The fourth-order valence-corrected chi connectivity index (χ4v) is 2.44. The number of hydrogen-bond donors (Lipinski definition) is 1. The number of aromatic hydroxyl groups is 1. The molecule has 22 heavy (non-hydrogen) atoms. The highest BCUT2D eigenvalue weighted by atomic mass is 35.5. The Bertz CT molecular complexity index is 541. The van der Waals surface area contributed by atoms with E-state index in [1.807, 2.05) is 20.8 Å². The first-order valence-electron chi connectivity index (χ1n) is 7.34. The SMILES string of the molecule is CC(C)(C)OC(=O)N1CCC(COc2cc(O)ccc2Cl)C1. The van der Waals surface area contributed by atoms with Crippen molar-refractivity contribution in [3.8, 4) is 11.5 Å². The van der Waals surface area contributed by atoms with E-state index in [1.54, 1.807) is 11.0 Å². The summed E-state index contributed by atoms with van der Waals surface area (Å²) in [6.07, 6.45) is 0.570. The van der Waals surface area contributed by atoms with Gasteiger partial charge in [0.1, 0.15) is 17.1 Å². The first kappa shape index (κ1) is 16.7. The van der Waals surface area contributed by atoms with Gasteiger partial charge in [-0.3, -0.25) is 0 Å². The lowest BCUT2D eigenvalue weighted by atomic mass is 10.1. The highest BCUT2D eigenvalue weighted by Gasteiger charge is 2.30. The summed E-state index contributed by atoms with van der Waals surface area (Å²) in [5, 5.41) is 9.90. The second-order valence-corrected chi connectivity index (χ2v) is 6.91. The number of phenols is 1. The zero-order chi connectivity index (χ0) is 16.3. The lowest BCUT2D eigenvalue weighted by Crippen LogP contribution is -2.35. The second-order valence-electron chi connectivity index (χ2n) is 6.51. The van der Waals surface area contributed by atoms with Crippen molar-refractivity contribution in [1.82, 2.24) is 4.90 Å². The molecule has 0 saturated carbocycles. The molecule has 1 amide bonds. The maximum absolute atomic E-state index is 12.0. The standard InChI is InChI=1S/C16H22ClNO4/c1-16(2,3)22-15(20)18-7-6-11(9-18)10-21-14-8-12(19)4-5-13(14)17/h4-5,8,11,19H,6-7,9-10H2,1-3H3. The maximum atomic E-state index is 12.0. The molecule has 0 bridgehead atoms. The summed E-state index contributed by atoms with van der Waals surface area (Å²) in [5.74, 6) is 0.796. The third-order valence-electron chi connectivity index (χ3n) is 3.33. The molecule has 1 aromatic carbocycles. The summed E-state index contributed by atoms with van der Waals surface area (Å²) < 4.78 is 11.0. The Labute approximate surface area is 135 Å². The first-order valence-corrected chi connectivity index (χ1v) is 7.71. The Morgan fingerprint density at radius 1 is 1.45 bits per heavy atom. The van der Waals surface area contributed by atoms with Gasteiger partial charge in [0.25, 0.3) is 0 Å². The Morgan fingerprint density at radius 2 is 2.18 bits per heavy atom. The zero-order valence-electron chi connectivity index (χ0n) is 13.1. The van der Waals surface area contributed by atoms with E-state index in [0.29, 0.717) is 30.5 Å². The van der Waals surface area contributed by atoms with Gasteiger partial charge in [-0.05, 0) is 39.3 Å². The highest BCUT2D eigenvalue weighted by molar-refractivity contribution is 6.32. The van der Waals surface area contributed by atoms with Crippen LogP contribution in [-0.4, -0.2) is 41.4 Å². The molecule has 1 saturated heterocycles. The number of halogens is 1. The van der Waals surface area contributed by atoms with Crippen LogP contribution in [-0.2, 0) is 4.74 Å². The lowest BCUT2D eigenvalue weighted by Gasteiger charge is -2.24. The van der Waals surface area contributed by atoms with E-state index in [9.17, 15) is 9.90 Å². The number of hydrogen-bond acceptors (Lipinski definition) is 4. The van der Waals surface area contributed by atoms with Crippen LogP contribution in [0.4, 0.5) is 4.79 Å². The molecule has 1 N–H and O–H groups in total. The van der Waals surface area contributed by atoms with Gasteiger partial charge in [-0.25, -0.2) is 4.79 Å². The number of benzene rings is 1. The molecule has 1 unspecified atom stereocenters. The van der Waals surface area contributed by atoms with Gasteiger partial charge in [0, 0.05) is 25.1 Å². The van der Waals surface area contributed by atoms with Gasteiger partial charge in [0.15, 0.2) is 0 Å². The van der Waals surface area contributed by atoms with Crippen LogP contribution in [0.15, 0.2) is 18.2 Å². The third kappa shape index (κ3) is 4.70. The maximum Gasteiger partial charge on any atom is 0.410 e. The molecule has 0 radical (unpaired) electrons. The molecule has 0 spiro atoms. The Hall–Kier alpha value is -1.62. The number of amides is 1. The summed E-state index contributed by atoms with van der Waals surface area (Å²) >= 11 is 6.01. The number of ether oxygens (including phenoxy) is 2. The van der Waals surface area contributed by atoms with Crippen LogP contribution < -0.4 is 4.74 Å². The lowest BCUT2D eigenvalue weighted by molar-refractivity contribution is 0.0285. The van der Waals surface area contributed by atoms with Crippen LogP contribution in [0, 0.1) is 5.92 Å². The molecular weight excluding hydrogens is 306 g/mol. The first-order chi connectivity index (χ1) is 10.2. The second kappa shape index (κ2) is 6.65. The van der Waals surface area contributed by atoms with Crippen molar-refractivity contribution < 1.29 is 19.4 Å². The zero-order valence-corrected chi connectivity index (χ0v) is 13.9. The predicted molar refractivity (Wildman–Crippen MR) is 84.5 cm³/mol. The van der Waals surface area contributed by atoms with Gasteiger partial charge in [-0.1, -0.05) is 11.6 Å². The number of phenolic OH excluding ortho intramolecular Hbond substituents is 1. The molecule has 0 aromatic heterocycles. The fourth-order valence-electron chi connectivity index (χ4n) is 2.27. The summed E-state index contributed by atoms with van der Waals surface area (Å²) in [6.45, 7) is 7.27. The van der Waals surface area contributed by atoms with Crippen molar-refractivity contribution in [2.75, 3.05) is 19.7 Å². The van der Waals surface area contributed by atoms with Crippen LogP contribution >= 0.6 is 11.6 Å². The molecule has 1 aliphatic heterocycles. The minimum atomic E-state index is -0.485. The van der Waals surface area contributed by atoms with E-state index in [1.165, 1.54) is 12.1 Å². The fraction of sp³-hybridized carbons (Fsp3) is 0.562. The average Bonchev–Trinajstić information content (AvgIpc) is 2.87. The Morgan fingerprint density at radius 3 is 2.86 bits per heavy atom. The van der Waals surface area contributed by atoms with Crippen molar-refractivity contribution in [2.24, 2.45) is 5.92 Å². The van der Waals surface area contributed by atoms with E-state index < -0.39 is 5.60 Å². The molecule has 1 atom stereocenters. The monoisotopic (exact) mass is 327 g/mol. The Balaban J connectivity index is 1.84. The summed E-state index contributed by atoms with van der Waals surface area (Å²) in [5.41, 5.74) is -0.485. The minimum Gasteiger partial charge on any atom is -0.508 e. The van der Waals surface area contributed by atoms with E-state index in [0.717, 1.165) is 6.42 Å². The average molecular weight is 328 g/mol. The molecule has 1 aliphatic rings. The van der Waals surface area contributed by atoms with E-state index in [2.05, 4.69) is 0 Å². The van der Waals surface area contributed by atoms with Crippen molar-refractivity contribution in [1.29, 1.82) is 0 Å². The molecule has 0 aliphatic carbocycles. The molecule has 6 heteroatoms. The minimum absolute atomic E-state index is 0.112. The molecule has 1 fully saturated rings. The van der Waals surface area contributed by atoms with Crippen LogP contribution in [0.3, 0.4) is 0 Å². The van der Waals surface area contributed by atoms with Crippen LogP contribution in [0.25, 0.3) is 0 Å². The number of carbonyl (C=O) groups is 1. The smallest absolute Gasteiger partial charge is 0.410 e. The molecule has 5 nitrogen and oxygen atoms in total. The third-order valence-corrected chi connectivity index (χ3v) is 3.64. The largest absolute Gasteiger partial charge is 0.508 e. The van der Waals surface area contributed by atoms with E-state index in [4.69, 9.17) is 21.1 Å². The van der Waals surface area contributed by atoms with Crippen LogP contribution in [0.2, 0.25) is 5.02 Å². The molecule has 122 valence electrons. The van der Waals surface area contributed by atoms with Gasteiger partial charge in [-0.2, -0.15) is 0 Å². The van der Waals surface area contributed by atoms with Gasteiger partial charge >= 0.3 is 6.09 Å². The van der Waals surface area contributed by atoms with E-state index in [-0.39, 0.29) is 17.8 Å². The number of rotatable bonds is 3. The highest BCUT2D eigenvalue weighted by Crippen LogP contribution is 2.29. The molecule has 2 rings (SSSR count). The quantitative estimate of drug-likeness (QED) is 0.920. The number of likely N-dealkylation sites (tertiary alicyclic amines) is 1. The normalized spacial score (nSPS) is 18.4. The summed E-state index contributed by atoms with van der Waals surface area (Å²) in [7, 11) is 0. The molecular formula is C16H22ClNO4. The van der Waals surface area contributed by atoms with Gasteiger partial charge < -0.3 is 19.5 Å². The van der Waals surface area contributed by atoms with Crippen molar-refractivity contribution >= 4 is 17.7 Å². The molecule has 1 heterocycles. The topological polar surface area (TPSA) is 59.0 Å². The van der Waals surface area contributed by atoms with Gasteiger partial charge in [0.2, 0.25) is 0 Å². The van der Waals surface area contributed by atoms with Crippen molar-refractivity contribution in [3.63, 3.8) is 0 Å². The summed E-state index contributed by atoms with van der Waals surface area (Å²) in [4.78, 5) is 13.7. The number of nitrogens with zero attached hydrogens (tertiary/aromatic N) is 1.